The average Bonchev–Trinajstić information content (AvgIpc) is 2.72. The van der Waals surface area contributed by atoms with Crippen LogP contribution in [0.25, 0.3) is 0 Å². The standard InChI is InChI=1S/C13H14N2O4/c14-12(17)10-5-11(16)15(7-10)6-8-1-3-9(4-2-8)13(18)19/h1-4,10H,5-7H2,(H2,14,17)(H,18,19). The van der Waals surface area contributed by atoms with Gasteiger partial charge in [-0.2, -0.15) is 0 Å². The summed E-state index contributed by atoms with van der Waals surface area (Å²) in [5.41, 5.74) is 6.21. The zero-order chi connectivity index (χ0) is 14.0. The quantitative estimate of drug-likeness (QED) is 0.810. The van der Waals surface area contributed by atoms with Crippen molar-refractivity contribution >= 4 is 17.8 Å². The zero-order valence-corrected chi connectivity index (χ0v) is 10.2. The van der Waals surface area contributed by atoms with E-state index in [2.05, 4.69) is 0 Å². The average molecular weight is 262 g/mol. The molecule has 0 aromatic heterocycles. The highest BCUT2D eigenvalue weighted by Gasteiger charge is 2.32. The predicted molar refractivity (Wildman–Crippen MR) is 66.1 cm³/mol. The number of likely N-dealkylation sites (tertiary alicyclic amines) is 1. The van der Waals surface area contributed by atoms with Crippen LogP contribution in [0.5, 0.6) is 0 Å². The van der Waals surface area contributed by atoms with E-state index in [9.17, 15) is 14.4 Å². The number of carboxylic acids is 1. The van der Waals surface area contributed by atoms with Crippen molar-refractivity contribution in [3.63, 3.8) is 0 Å². The first kappa shape index (κ1) is 13.1. The highest BCUT2D eigenvalue weighted by molar-refractivity contribution is 5.88. The Hall–Kier alpha value is -2.37. The molecule has 1 fully saturated rings. The molecule has 0 saturated carbocycles. The molecule has 1 aliphatic rings. The van der Waals surface area contributed by atoms with E-state index in [0.717, 1.165) is 5.56 Å². The summed E-state index contributed by atoms with van der Waals surface area (Å²) >= 11 is 0. The number of rotatable bonds is 4. The van der Waals surface area contributed by atoms with E-state index in [-0.39, 0.29) is 17.9 Å². The molecule has 1 aromatic carbocycles. The minimum Gasteiger partial charge on any atom is -0.478 e. The second-order valence-corrected chi connectivity index (χ2v) is 4.58. The molecular formula is C13H14N2O4. The summed E-state index contributed by atoms with van der Waals surface area (Å²) in [5.74, 6) is -1.98. The van der Waals surface area contributed by atoms with Gasteiger partial charge in [0, 0.05) is 19.5 Å². The van der Waals surface area contributed by atoms with Crippen LogP contribution in [-0.2, 0) is 16.1 Å². The molecule has 0 spiro atoms. The van der Waals surface area contributed by atoms with Crippen LogP contribution in [0.2, 0.25) is 0 Å². The van der Waals surface area contributed by atoms with Crippen molar-refractivity contribution < 1.29 is 19.5 Å². The highest BCUT2D eigenvalue weighted by Crippen LogP contribution is 2.20. The van der Waals surface area contributed by atoms with E-state index >= 15 is 0 Å². The molecule has 1 aliphatic heterocycles. The van der Waals surface area contributed by atoms with Crippen LogP contribution in [0.4, 0.5) is 0 Å². The first-order valence-corrected chi connectivity index (χ1v) is 5.86. The SMILES string of the molecule is NC(=O)C1CC(=O)N(Cc2ccc(C(=O)O)cc2)C1. The van der Waals surface area contributed by atoms with Crippen molar-refractivity contribution in [1.29, 1.82) is 0 Å². The maximum atomic E-state index is 11.7. The molecule has 6 heteroatoms. The fourth-order valence-corrected chi connectivity index (χ4v) is 2.09. The Morgan fingerprint density at radius 3 is 2.42 bits per heavy atom. The maximum Gasteiger partial charge on any atom is 0.335 e. The van der Waals surface area contributed by atoms with Gasteiger partial charge in [-0.15, -0.1) is 0 Å². The number of aromatic carboxylic acids is 1. The molecule has 0 bridgehead atoms. The molecule has 1 saturated heterocycles. The van der Waals surface area contributed by atoms with Gasteiger partial charge < -0.3 is 15.7 Å². The third kappa shape index (κ3) is 2.90. The lowest BCUT2D eigenvalue weighted by Crippen LogP contribution is -2.28. The Bertz CT molecular complexity index is 524. The lowest BCUT2D eigenvalue weighted by atomic mass is 10.1. The molecule has 2 rings (SSSR count). The van der Waals surface area contributed by atoms with Gasteiger partial charge in [0.05, 0.1) is 11.5 Å². The van der Waals surface area contributed by atoms with Crippen LogP contribution in [-0.4, -0.2) is 34.3 Å². The third-order valence-corrected chi connectivity index (χ3v) is 3.19. The predicted octanol–water partition coefficient (Wildman–Crippen LogP) is 0.219. The number of nitrogens with zero attached hydrogens (tertiary/aromatic N) is 1. The number of carboxylic acid groups (broad SMARTS) is 1. The number of amides is 2. The van der Waals surface area contributed by atoms with E-state index in [0.29, 0.717) is 13.1 Å². The Kier molecular flexibility index (Phi) is 3.50. The second-order valence-electron chi connectivity index (χ2n) is 4.58. The molecule has 0 aliphatic carbocycles. The van der Waals surface area contributed by atoms with E-state index in [1.807, 2.05) is 0 Å². The monoisotopic (exact) mass is 262 g/mol. The summed E-state index contributed by atoms with van der Waals surface area (Å²) in [4.78, 5) is 35.0. The minimum atomic E-state index is -0.988. The van der Waals surface area contributed by atoms with Gasteiger partial charge in [0.1, 0.15) is 0 Å². The van der Waals surface area contributed by atoms with Crippen LogP contribution < -0.4 is 5.73 Å². The number of benzene rings is 1. The summed E-state index contributed by atoms with van der Waals surface area (Å²) in [6.45, 7) is 0.692. The number of nitrogens with two attached hydrogens (primary N) is 1. The molecule has 2 amide bonds. The lowest BCUT2D eigenvalue weighted by Gasteiger charge is -2.16. The zero-order valence-electron chi connectivity index (χ0n) is 10.2. The number of hydrogen-bond acceptors (Lipinski definition) is 3. The van der Waals surface area contributed by atoms with Gasteiger partial charge >= 0.3 is 5.97 Å². The van der Waals surface area contributed by atoms with E-state index < -0.39 is 17.8 Å². The van der Waals surface area contributed by atoms with Gasteiger partial charge in [0.25, 0.3) is 0 Å². The van der Waals surface area contributed by atoms with Crippen molar-refractivity contribution in [2.24, 2.45) is 11.7 Å². The molecule has 1 heterocycles. The highest BCUT2D eigenvalue weighted by atomic mass is 16.4. The molecular weight excluding hydrogens is 248 g/mol. The number of carbonyl (C=O) groups excluding carboxylic acids is 2. The topological polar surface area (TPSA) is 101 Å². The van der Waals surface area contributed by atoms with Gasteiger partial charge in [0.2, 0.25) is 11.8 Å². The smallest absolute Gasteiger partial charge is 0.335 e. The summed E-state index contributed by atoms with van der Waals surface area (Å²) in [7, 11) is 0. The molecule has 0 radical (unpaired) electrons. The summed E-state index contributed by atoms with van der Waals surface area (Å²) in [5, 5.41) is 8.78. The fraction of sp³-hybridized carbons (Fsp3) is 0.308. The van der Waals surface area contributed by atoms with Crippen molar-refractivity contribution in [2.75, 3.05) is 6.54 Å². The number of primary amides is 1. The Morgan fingerprint density at radius 1 is 1.32 bits per heavy atom. The summed E-state index contributed by atoms with van der Waals surface area (Å²) in [6.07, 6.45) is 0.155. The summed E-state index contributed by atoms with van der Waals surface area (Å²) in [6, 6.07) is 6.30. The van der Waals surface area contributed by atoms with Gasteiger partial charge in [-0.3, -0.25) is 9.59 Å². The number of carbonyl (C=O) groups is 3. The van der Waals surface area contributed by atoms with Crippen molar-refractivity contribution in [3.8, 4) is 0 Å². The minimum absolute atomic E-state index is 0.105. The van der Waals surface area contributed by atoms with Crippen molar-refractivity contribution in [2.45, 2.75) is 13.0 Å². The van der Waals surface area contributed by atoms with Crippen molar-refractivity contribution in [3.05, 3.63) is 35.4 Å². The molecule has 3 N–H and O–H groups in total. The van der Waals surface area contributed by atoms with Gasteiger partial charge in [-0.1, -0.05) is 12.1 Å². The first-order chi connectivity index (χ1) is 8.97. The van der Waals surface area contributed by atoms with Crippen LogP contribution in [0.3, 0.4) is 0 Å². The van der Waals surface area contributed by atoms with Crippen LogP contribution in [0.1, 0.15) is 22.3 Å². The van der Waals surface area contributed by atoms with Crippen LogP contribution >= 0.6 is 0 Å². The molecule has 19 heavy (non-hydrogen) atoms. The van der Waals surface area contributed by atoms with Gasteiger partial charge in [-0.25, -0.2) is 4.79 Å². The van der Waals surface area contributed by atoms with Gasteiger partial charge in [-0.05, 0) is 17.7 Å². The van der Waals surface area contributed by atoms with Crippen LogP contribution in [0.15, 0.2) is 24.3 Å². The van der Waals surface area contributed by atoms with E-state index in [1.165, 1.54) is 12.1 Å². The number of hydrogen-bond donors (Lipinski definition) is 2. The normalized spacial score (nSPS) is 18.6. The van der Waals surface area contributed by atoms with Gasteiger partial charge in [0.15, 0.2) is 0 Å². The Balaban J connectivity index is 2.03. The third-order valence-electron chi connectivity index (χ3n) is 3.19. The maximum absolute atomic E-state index is 11.7. The molecule has 1 unspecified atom stereocenters. The fourth-order valence-electron chi connectivity index (χ4n) is 2.09. The second kappa shape index (κ2) is 5.09. The van der Waals surface area contributed by atoms with Crippen molar-refractivity contribution in [1.82, 2.24) is 4.90 Å². The lowest BCUT2D eigenvalue weighted by molar-refractivity contribution is -0.128. The molecule has 1 atom stereocenters. The Labute approximate surface area is 109 Å². The largest absolute Gasteiger partial charge is 0.478 e. The molecule has 6 nitrogen and oxygen atoms in total. The summed E-state index contributed by atoms with van der Waals surface area (Å²) < 4.78 is 0. The van der Waals surface area contributed by atoms with Crippen LogP contribution in [0, 0.1) is 5.92 Å². The van der Waals surface area contributed by atoms with E-state index in [4.69, 9.17) is 10.8 Å². The molecule has 100 valence electrons. The Morgan fingerprint density at radius 2 is 1.95 bits per heavy atom. The molecule has 1 aromatic rings. The first-order valence-electron chi connectivity index (χ1n) is 5.86. The van der Waals surface area contributed by atoms with E-state index in [1.54, 1.807) is 17.0 Å².